The summed E-state index contributed by atoms with van der Waals surface area (Å²) in [5, 5.41) is 27.1. The fourth-order valence-corrected chi connectivity index (χ4v) is 3.95. The number of aromatic nitrogens is 1. The standard InChI is InChI=1S/C25H37N9O7/c26-15(12-35)21(37)32-18(7-8-20(27)36)23(39)33-17(6-3-9-30-25(28)29)22(38)34-19(24(40)41)10-13-11-31-16-5-2-1-4-14(13)16/h1-2,4-5,11,15,17-19,31,35H,3,6-10,12,26H2,(H2,27,36)(H,32,37)(H,33,39)(H,34,38)(H,40,41)(H4,28,29,30). The lowest BCUT2D eigenvalue weighted by atomic mass is 10.0. The number of hydrogen-bond donors (Lipinski definition) is 10. The molecule has 0 aliphatic heterocycles. The smallest absolute Gasteiger partial charge is 0.326 e. The van der Waals surface area contributed by atoms with Crippen LogP contribution < -0.4 is 38.9 Å². The number of guanidine groups is 1. The van der Waals surface area contributed by atoms with Crippen LogP contribution in [0.15, 0.2) is 35.5 Å². The molecule has 4 atom stereocenters. The Morgan fingerprint density at radius 1 is 0.902 bits per heavy atom. The van der Waals surface area contributed by atoms with Crippen LogP contribution in [0.4, 0.5) is 0 Å². The molecule has 0 spiro atoms. The third-order valence-electron chi connectivity index (χ3n) is 6.14. The quantitative estimate of drug-likeness (QED) is 0.0514. The fraction of sp³-hybridized carbons (Fsp3) is 0.440. The van der Waals surface area contributed by atoms with Gasteiger partial charge in [-0.15, -0.1) is 0 Å². The zero-order valence-corrected chi connectivity index (χ0v) is 22.3. The summed E-state index contributed by atoms with van der Waals surface area (Å²) in [6.07, 6.45) is 1.34. The van der Waals surface area contributed by atoms with Crippen LogP contribution in [0.25, 0.3) is 10.9 Å². The normalized spacial score (nSPS) is 13.8. The molecule has 4 unspecified atom stereocenters. The number of nitrogens with two attached hydrogens (primary N) is 4. The van der Waals surface area contributed by atoms with Crippen molar-refractivity contribution in [3.63, 3.8) is 0 Å². The summed E-state index contributed by atoms with van der Waals surface area (Å²) in [6.45, 7) is -0.578. The Morgan fingerprint density at radius 3 is 2.12 bits per heavy atom. The summed E-state index contributed by atoms with van der Waals surface area (Å²) in [5.41, 5.74) is 22.8. The van der Waals surface area contributed by atoms with E-state index in [9.17, 15) is 29.1 Å². The number of aliphatic carboxylic acids is 1. The zero-order valence-electron chi connectivity index (χ0n) is 22.3. The molecule has 1 heterocycles. The van der Waals surface area contributed by atoms with Crippen molar-refractivity contribution in [2.45, 2.75) is 56.3 Å². The van der Waals surface area contributed by atoms with E-state index in [4.69, 9.17) is 28.0 Å². The number of nitrogens with one attached hydrogen (secondary N) is 4. The Balaban J connectivity index is 2.23. The zero-order chi connectivity index (χ0) is 30.5. The predicted molar refractivity (Wildman–Crippen MR) is 149 cm³/mol. The number of primary amides is 1. The average Bonchev–Trinajstić information content (AvgIpc) is 3.33. The number of fused-ring (bicyclic) bond motifs is 1. The molecule has 2 rings (SSSR count). The minimum absolute atomic E-state index is 0.000414. The number of aromatic amines is 1. The third-order valence-corrected chi connectivity index (χ3v) is 6.14. The molecule has 0 bridgehead atoms. The van der Waals surface area contributed by atoms with Crippen LogP contribution in [0.2, 0.25) is 0 Å². The Morgan fingerprint density at radius 2 is 1.51 bits per heavy atom. The molecular formula is C25H37N9O7. The first-order valence-electron chi connectivity index (χ1n) is 12.8. The third kappa shape index (κ3) is 10.4. The van der Waals surface area contributed by atoms with Crippen LogP contribution in [-0.4, -0.2) is 88.1 Å². The first kappa shape index (κ1) is 32.5. The van der Waals surface area contributed by atoms with Gasteiger partial charge < -0.3 is 54.1 Å². The van der Waals surface area contributed by atoms with Gasteiger partial charge in [0.2, 0.25) is 23.6 Å². The number of rotatable bonds is 17. The number of hydrogen-bond acceptors (Lipinski definition) is 8. The number of H-pyrrole nitrogens is 1. The van der Waals surface area contributed by atoms with Crippen LogP contribution in [0.5, 0.6) is 0 Å². The maximum absolute atomic E-state index is 13.3. The highest BCUT2D eigenvalue weighted by Crippen LogP contribution is 2.19. The largest absolute Gasteiger partial charge is 0.480 e. The molecule has 4 amide bonds. The summed E-state index contributed by atoms with van der Waals surface area (Å²) in [6, 6.07) is 2.00. The number of carboxylic acids is 1. The second kappa shape index (κ2) is 15.8. The van der Waals surface area contributed by atoms with Crippen molar-refractivity contribution in [3.05, 3.63) is 36.0 Å². The molecule has 41 heavy (non-hydrogen) atoms. The summed E-state index contributed by atoms with van der Waals surface area (Å²) in [4.78, 5) is 68.9. The van der Waals surface area contributed by atoms with E-state index < -0.39 is 60.4 Å². The fourth-order valence-electron chi connectivity index (χ4n) is 3.95. The van der Waals surface area contributed by atoms with Gasteiger partial charge in [-0.05, 0) is 30.9 Å². The van der Waals surface area contributed by atoms with Gasteiger partial charge in [0.25, 0.3) is 0 Å². The predicted octanol–water partition coefficient (Wildman–Crippen LogP) is -3.11. The molecule has 2 aromatic rings. The second-order valence-corrected chi connectivity index (χ2v) is 9.33. The van der Waals surface area contributed by atoms with Crippen molar-refractivity contribution >= 4 is 46.5 Å². The van der Waals surface area contributed by atoms with Crippen LogP contribution in [0.1, 0.15) is 31.2 Å². The highest BCUT2D eigenvalue weighted by Gasteiger charge is 2.30. The summed E-state index contributed by atoms with van der Waals surface area (Å²) < 4.78 is 0. The summed E-state index contributed by atoms with van der Waals surface area (Å²) in [7, 11) is 0. The number of carbonyl (C=O) groups excluding carboxylic acids is 4. The van der Waals surface area contributed by atoms with E-state index in [1.165, 1.54) is 0 Å². The first-order valence-corrected chi connectivity index (χ1v) is 12.8. The van der Waals surface area contributed by atoms with E-state index in [2.05, 4.69) is 25.9 Å². The molecule has 16 heteroatoms. The lowest BCUT2D eigenvalue weighted by Crippen LogP contribution is -2.57. The highest BCUT2D eigenvalue weighted by molar-refractivity contribution is 5.94. The lowest BCUT2D eigenvalue weighted by molar-refractivity contribution is -0.142. The van der Waals surface area contributed by atoms with Crippen LogP contribution in [0, 0.1) is 0 Å². The SMILES string of the molecule is NC(=O)CCC(NC(=O)C(N)CO)C(=O)NC(CCCN=C(N)N)C(=O)NC(Cc1c[nH]c2ccccc12)C(=O)O. The van der Waals surface area contributed by atoms with Crippen LogP contribution in [0.3, 0.4) is 0 Å². The Labute approximate surface area is 235 Å². The maximum Gasteiger partial charge on any atom is 0.326 e. The average molecular weight is 576 g/mol. The molecule has 16 nitrogen and oxygen atoms in total. The van der Waals surface area contributed by atoms with E-state index in [1.807, 2.05) is 18.2 Å². The van der Waals surface area contributed by atoms with Gasteiger partial charge in [-0.1, -0.05) is 18.2 Å². The van der Waals surface area contributed by atoms with Gasteiger partial charge in [0.1, 0.15) is 24.2 Å². The number of nitrogens with zero attached hydrogens (tertiary/aromatic N) is 1. The van der Waals surface area contributed by atoms with E-state index in [1.54, 1.807) is 12.3 Å². The van der Waals surface area contributed by atoms with Gasteiger partial charge in [0.05, 0.1) is 6.61 Å². The van der Waals surface area contributed by atoms with E-state index in [-0.39, 0.29) is 44.6 Å². The minimum atomic E-state index is -1.34. The molecule has 0 aliphatic carbocycles. The van der Waals surface area contributed by atoms with Crippen molar-refractivity contribution in [2.24, 2.45) is 27.9 Å². The maximum atomic E-state index is 13.3. The van der Waals surface area contributed by atoms with Gasteiger partial charge in [-0.25, -0.2) is 4.79 Å². The van der Waals surface area contributed by atoms with Crippen molar-refractivity contribution in [2.75, 3.05) is 13.2 Å². The Bertz CT molecular complexity index is 1260. The van der Waals surface area contributed by atoms with Gasteiger partial charge in [-0.2, -0.15) is 0 Å². The summed E-state index contributed by atoms with van der Waals surface area (Å²) >= 11 is 0. The van der Waals surface area contributed by atoms with Crippen molar-refractivity contribution < 1.29 is 34.2 Å². The van der Waals surface area contributed by atoms with E-state index in [0.717, 1.165) is 10.9 Å². The van der Waals surface area contributed by atoms with Gasteiger partial charge in [-0.3, -0.25) is 24.2 Å². The molecule has 224 valence electrons. The van der Waals surface area contributed by atoms with E-state index >= 15 is 0 Å². The van der Waals surface area contributed by atoms with Gasteiger partial charge in [0.15, 0.2) is 5.96 Å². The molecule has 0 aliphatic rings. The molecule has 0 saturated heterocycles. The molecule has 0 fully saturated rings. The van der Waals surface area contributed by atoms with Crippen molar-refractivity contribution in [3.8, 4) is 0 Å². The molecule has 1 aromatic heterocycles. The molecule has 0 radical (unpaired) electrons. The van der Waals surface area contributed by atoms with E-state index in [0.29, 0.717) is 5.56 Å². The number of carbonyl (C=O) groups is 5. The number of carboxylic acid groups (broad SMARTS) is 1. The Hall–Kier alpha value is -4.70. The topological polar surface area (TPSA) is 294 Å². The number of benzene rings is 1. The van der Waals surface area contributed by atoms with Gasteiger partial charge >= 0.3 is 5.97 Å². The minimum Gasteiger partial charge on any atom is -0.480 e. The number of amides is 4. The Kier molecular flexibility index (Phi) is 12.5. The molecule has 0 saturated carbocycles. The van der Waals surface area contributed by atoms with Crippen LogP contribution >= 0.6 is 0 Å². The summed E-state index contributed by atoms with van der Waals surface area (Å²) in [5.74, 6) is -4.72. The molecule has 1 aromatic carbocycles. The van der Waals surface area contributed by atoms with Crippen LogP contribution in [-0.2, 0) is 30.4 Å². The lowest BCUT2D eigenvalue weighted by Gasteiger charge is -2.25. The number of para-hydroxylation sites is 1. The highest BCUT2D eigenvalue weighted by atomic mass is 16.4. The molecular weight excluding hydrogens is 538 g/mol. The van der Waals surface area contributed by atoms with Crippen molar-refractivity contribution in [1.29, 1.82) is 0 Å². The monoisotopic (exact) mass is 575 g/mol. The molecule has 14 N–H and O–H groups in total. The second-order valence-electron chi connectivity index (χ2n) is 9.33. The first-order chi connectivity index (χ1) is 19.4. The van der Waals surface area contributed by atoms with Crippen molar-refractivity contribution in [1.82, 2.24) is 20.9 Å². The number of aliphatic hydroxyl groups is 1. The van der Waals surface area contributed by atoms with Gasteiger partial charge in [0, 0.05) is 36.5 Å². The number of aliphatic hydroxyl groups excluding tert-OH is 1. The number of aliphatic imine (C=N–C) groups is 1.